The highest BCUT2D eigenvalue weighted by Crippen LogP contribution is 2.32. The molecule has 3 aliphatic heterocycles. The van der Waals surface area contributed by atoms with Gasteiger partial charge in [-0.1, -0.05) is 55.5 Å². The Morgan fingerprint density at radius 1 is 1.32 bits per heavy atom. The van der Waals surface area contributed by atoms with Gasteiger partial charge in [-0.05, 0) is 38.3 Å². The van der Waals surface area contributed by atoms with Crippen molar-refractivity contribution in [2.24, 2.45) is 5.92 Å². The van der Waals surface area contributed by atoms with Crippen LogP contribution in [0.2, 0.25) is 0 Å². The number of ether oxygens (including phenoxy) is 1. The van der Waals surface area contributed by atoms with Crippen LogP contribution in [0.5, 0.6) is 0 Å². The van der Waals surface area contributed by atoms with Gasteiger partial charge in [-0.25, -0.2) is 4.79 Å². The van der Waals surface area contributed by atoms with Crippen molar-refractivity contribution >= 4 is 5.97 Å². The Hall–Kier alpha value is -1.83. The fraction of sp³-hybridized carbons (Fsp3) is 0.571. The average Bonchev–Trinajstić information content (AvgIpc) is 2.66. The van der Waals surface area contributed by atoms with Crippen molar-refractivity contribution in [1.29, 1.82) is 0 Å². The first-order chi connectivity index (χ1) is 12.1. The van der Waals surface area contributed by atoms with Crippen LogP contribution in [-0.2, 0) is 15.1 Å². The minimum Gasteiger partial charge on any atom is -0.458 e. The average molecular weight is 341 g/mol. The SMILES string of the molecule is CCCCC#CC(O)(C(=O)OC1CN2CCC1CC2)c1ccccc1. The smallest absolute Gasteiger partial charge is 0.356 e. The first-order valence-electron chi connectivity index (χ1n) is 9.35. The second-order valence-electron chi connectivity index (χ2n) is 7.06. The lowest BCUT2D eigenvalue weighted by Gasteiger charge is -2.44. The number of hydrogen-bond donors (Lipinski definition) is 1. The van der Waals surface area contributed by atoms with Crippen molar-refractivity contribution in [1.82, 2.24) is 4.90 Å². The maximum Gasteiger partial charge on any atom is 0.356 e. The number of esters is 1. The van der Waals surface area contributed by atoms with Crippen LogP contribution in [0.3, 0.4) is 0 Å². The van der Waals surface area contributed by atoms with Crippen molar-refractivity contribution < 1.29 is 14.6 Å². The van der Waals surface area contributed by atoms with Crippen molar-refractivity contribution in [3.63, 3.8) is 0 Å². The van der Waals surface area contributed by atoms with Gasteiger partial charge < -0.3 is 9.84 Å². The van der Waals surface area contributed by atoms with E-state index in [1.165, 1.54) is 0 Å². The number of piperidine rings is 3. The number of rotatable bonds is 5. The van der Waals surface area contributed by atoms with E-state index in [1.807, 2.05) is 6.07 Å². The maximum atomic E-state index is 12.9. The summed E-state index contributed by atoms with van der Waals surface area (Å²) in [4.78, 5) is 15.2. The molecule has 2 bridgehead atoms. The first kappa shape index (κ1) is 18.0. The van der Waals surface area contributed by atoms with Gasteiger partial charge in [0.1, 0.15) is 6.10 Å². The van der Waals surface area contributed by atoms with Crippen LogP contribution in [0.1, 0.15) is 44.6 Å². The Bertz CT molecular complexity index is 640. The summed E-state index contributed by atoms with van der Waals surface area (Å²) in [7, 11) is 0. The maximum absolute atomic E-state index is 12.9. The van der Waals surface area contributed by atoms with Gasteiger partial charge in [-0.2, -0.15) is 0 Å². The number of unbranched alkanes of at least 4 members (excludes halogenated alkanes) is 2. The minimum absolute atomic E-state index is 0.136. The molecule has 4 nitrogen and oxygen atoms in total. The molecule has 4 rings (SSSR count). The molecule has 3 heterocycles. The van der Waals surface area contributed by atoms with Crippen LogP contribution in [0.4, 0.5) is 0 Å². The van der Waals surface area contributed by atoms with Crippen molar-refractivity contribution in [2.45, 2.75) is 50.7 Å². The summed E-state index contributed by atoms with van der Waals surface area (Å²) < 4.78 is 5.77. The molecule has 3 fully saturated rings. The first-order valence-corrected chi connectivity index (χ1v) is 9.35. The lowest BCUT2D eigenvalue weighted by Crippen LogP contribution is -2.53. The zero-order valence-electron chi connectivity index (χ0n) is 14.9. The third kappa shape index (κ3) is 4.05. The number of carbonyl (C=O) groups is 1. The van der Waals surface area contributed by atoms with E-state index < -0.39 is 11.6 Å². The highest BCUT2D eigenvalue weighted by atomic mass is 16.6. The summed E-state index contributed by atoms with van der Waals surface area (Å²) in [6.07, 6.45) is 4.63. The number of fused-ring (bicyclic) bond motifs is 3. The van der Waals surface area contributed by atoms with Gasteiger partial charge in [-0.15, -0.1) is 0 Å². The van der Waals surface area contributed by atoms with E-state index >= 15 is 0 Å². The fourth-order valence-corrected chi connectivity index (χ4v) is 3.64. The zero-order valence-corrected chi connectivity index (χ0v) is 14.9. The molecule has 2 unspecified atom stereocenters. The number of aliphatic hydroxyl groups is 1. The van der Waals surface area contributed by atoms with Crippen LogP contribution in [0.15, 0.2) is 30.3 Å². The third-order valence-corrected chi connectivity index (χ3v) is 5.27. The molecule has 25 heavy (non-hydrogen) atoms. The van der Waals surface area contributed by atoms with Crippen LogP contribution >= 0.6 is 0 Å². The van der Waals surface area contributed by atoms with Gasteiger partial charge >= 0.3 is 5.97 Å². The molecule has 3 aliphatic rings. The second-order valence-corrected chi connectivity index (χ2v) is 7.06. The van der Waals surface area contributed by atoms with Crippen molar-refractivity contribution in [3.05, 3.63) is 35.9 Å². The molecule has 0 spiro atoms. The van der Waals surface area contributed by atoms with Crippen LogP contribution < -0.4 is 0 Å². The molecular formula is C21H27NO3. The molecule has 1 N–H and O–H groups in total. The predicted octanol–water partition coefficient (Wildman–Crippen LogP) is 2.71. The number of benzene rings is 1. The number of nitrogens with zero attached hydrogens (tertiary/aromatic N) is 1. The van der Waals surface area contributed by atoms with Gasteiger partial charge in [0.25, 0.3) is 0 Å². The van der Waals surface area contributed by atoms with E-state index in [2.05, 4.69) is 23.7 Å². The molecular weight excluding hydrogens is 314 g/mol. The summed E-state index contributed by atoms with van der Waals surface area (Å²) >= 11 is 0. The molecule has 1 aromatic rings. The molecule has 1 aromatic carbocycles. The Balaban J connectivity index is 1.78. The Morgan fingerprint density at radius 3 is 2.64 bits per heavy atom. The predicted molar refractivity (Wildman–Crippen MR) is 96.7 cm³/mol. The van der Waals surface area contributed by atoms with E-state index in [1.54, 1.807) is 24.3 Å². The summed E-state index contributed by atoms with van der Waals surface area (Å²) in [5.41, 5.74) is -1.41. The number of carbonyl (C=O) groups excluding carboxylic acids is 1. The molecule has 0 radical (unpaired) electrons. The largest absolute Gasteiger partial charge is 0.458 e. The van der Waals surface area contributed by atoms with Gasteiger partial charge in [0, 0.05) is 18.5 Å². The standard InChI is InChI=1S/C21H27NO3/c1-2-3-4-8-13-21(24,18-9-6-5-7-10-18)20(23)25-19-16-22-14-11-17(19)12-15-22/h5-7,9-10,17,19,24H,2-4,11-12,14-16H2,1H3. The lowest BCUT2D eigenvalue weighted by molar-refractivity contribution is -0.175. The molecule has 0 aromatic heterocycles. The summed E-state index contributed by atoms with van der Waals surface area (Å²) in [5, 5.41) is 11.1. The highest BCUT2D eigenvalue weighted by molar-refractivity contribution is 5.85. The van der Waals surface area contributed by atoms with E-state index in [9.17, 15) is 9.90 Å². The topological polar surface area (TPSA) is 49.8 Å². The Kier molecular flexibility index (Phi) is 5.78. The highest BCUT2D eigenvalue weighted by Gasteiger charge is 2.43. The summed E-state index contributed by atoms with van der Waals surface area (Å²) in [6, 6.07) is 8.91. The Labute approximate surface area is 150 Å². The van der Waals surface area contributed by atoms with E-state index in [0.717, 1.165) is 45.3 Å². The summed E-state index contributed by atoms with van der Waals surface area (Å²) in [5.74, 6) is 5.53. The fourth-order valence-electron chi connectivity index (χ4n) is 3.64. The van der Waals surface area contributed by atoms with Crippen molar-refractivity contribution in [2.75, 3.05) is 19.6 Å². The van der Waals surface area contributed by atoms with E-state index in [4.69, 9.17) is 4.74 Å². The molecule has 134 valence electrons. The zero-order chi connectivity index (χ0) is 17.7. The van der Waals surface area contributed by atoms with E-state index in [-0.39, 0.29) is 6.10 Å². The third-order valence-electron chi connectivity index (χ3n) is 5.27. The molecule has 3 saturated heterocycles. The second kappa shape index (κ2) is 8.03. The monoisotopic (exact) mass is 341 g/mol. The Morgan fingerprint density at radius 2 is 2.04 bits per heavy atom. The van der Waals surface area contributed by atoms with Gasteiger partial charge in [0.2, 0.25) is 5.60 Å². The molecule has 4 heteroatoms. The van der Waals surface area contributed by atoms with E-state index in [0.29, 0.717) is 17.9 Å². The minimum atomic E-state index is -1.89. The lowest BCUT2D eigenvalue weighted by atomic mass is 9.85. The van der Waals surface area contributed by atoms with Crippen LogP contribution in [0, 0.1) is 17.8 Å². The molecule has 0 aliphatic carbocycles. The normalized spacial score (nSPS) is 27.0. The van der Waals surface area contributed by atoms with Crippen LogP contribution in [-0.4, -0.2) is 41.7 Å². The van der Waals surface area contributed by atoms with Crippen molar-refractivity contribution in [3.8, 4) is 11.8 Å². The summed E-state index contributed by atoms with van der Waals surface area (Å²) in [6.45, 7) is 5.02. The van der Waals surface area contributed by atoms with Gasteiger partial charge in [-0.3, -0.25) is 4.90 Å². The molecule has 0 saturated carbocycles. The molecule has 0 amide bonds. The quantitative estimate of drug-likeness (QED) is 0.508. The van der Waals surface area contributed by atoms with Crippen LogP contribution in [0.25, 0.3) is 0 Å². The number of hydrogen-bond acceptors (Lipinski definition) is 4. The van der Waals surface area contributed by atoms with Gasteiger partial charge in [0.05, 0.1) is 0 Å². The van der Waals surface area contributed by atoms with Gasteiger partial charge in [0.15, 0.2) is 0 Å². The molecule has 2 atom stereocenters.